The summed E-state index contributed by atoms with van der Waals surface area (Å²) in [6.45, 7) is 4.74. The molecule has 1 aliphatic rings. The van der Waals surface area contributed by atoms with Crippen LogP contribution in [0.3, 0.4) is 0 Å². The highest BCUT2D eigenvalue weighted by molar-refractivity contribution is 6.02. The second-order valence-electron chi connectivity index (χ2n) is 6.47. The van der Waals surface area contributed by atoms with E-state index in [0.29, 0.717) is 17.0 Å². The van der Waals surface area contributed by atoms with Gasteiger partial charge in [-0.3, -0.25) is 19.7 Å². The molecule has 0 aromatic heterocycles. The van der Waals surface area contributed by atoms with E-state index in [1.165, 1.54) is 25.3 Å². The van der Waals surface area contributed by atoms with Gasteiger partial charge in [0.05, 0.1) is 30.1 Å². The van der Waals surface area contributed by atoms with E-state index in [1.54, 1.807) is 26.8 Å². The number of methoxy groups -OCH3 is 1. The number of nitro benzene ring substituents is 1. The van der Waals surface area contributed by atoms with Crippen molar-refractivity contribution in [3.8, 4) is 0 Å². The van der Waals surface area contributed by atoms with Crippen molar-refractivity contribution in [3.63, 3.8) is 0 Å². The van der Waals surface area contributed by atoms with Gasteiger partial charge in [0, 0.05) is 29.1 Å². The Balaban J connectivity index is 2.55. The number of dihydropyridines is 1. The van der Waals surface area contributed by atoms with Crippen LogP contribution in [-0.4, -0.2) is 43.0 Å². The normalized spacial score (nSPS) is 15.9. The molecular weight excluding hydrogens is 394 g/mol. The summed E-state index contributed by atoms with van der Waals surface area (Å²) >= 11 is 0. The minimum absolute atomic E-state index is 0.143. The smallest absolute Gasteiger partial charge is 0.336 e. The average Bonchev–Trinajstić information content (AvgIpc) is 2.71. The van der Waals surface area contributed by atoms with Gasteiger partial charge >= 0.3 is 11.9 Å². The standard InChI is InChI=1S/C20H23N3O7/c1-5-30-15(24)10-21-19(25)16-11(2)22-12(3)17(20(26)29-4)18(16)13-7-6-8-14(9-13)23(27)28/h6-9,18,22H,5,10H2,1-4H3,(H,21,25). The Morgan fingerprint density at radius 3 is 2.47 bits per heavy atom. The highest BCUT2D eigenvalue weighted by atomic mass is 16.6. The highest BCUT2D eigenvalue weighted by Crippen LogP contribution is 2.39. The van der Waals surface area contributed by atoms with Gasteiger partial charge in [0.15, 0.2) is 0 Å². The van der Waals surface area contributed by atoms with Crippen LogP contribution in [0.2, 0.25) is 0 Å². The van der Waals surface area contributed by atoms with E-state index in [-0.39, 0.29) is 30.0 Å². The molecule has 160 valence electrons. The molecule has 1 aliphatic heterocycles. The number of ether oxygens (including phenoxy) is 2. The molecule has 0 fully saturated rings. The van der Waals surface area contributed by atoms with Gasteiger partial charge < -0.3 is 20.1 Å². The Hall–Kier alpha value is -3.69. The Labute approximate surface area is 173 Å². The van der Waals surface area contributed by atoms with E-state index in [2.05, 4.69) is 10.6 Å². The third kappa shape index (κ3) is 4.83. The molecule has 0 saturated heterocycles. The number of nitrogens with zero attached hydrogens (tertiary/aromatic N) is 1. The quantitative estimate of drug-likeness (QED) is 0.388. The molecule has 1 aromatic rings. The van der Waals surface area contributed by atoms with Gasteiger partial charge in [-0.05, 0) is 26.3 Å². The highest BCUT2D eigenvalue weighted by Gasteiger charge is 2.37. The number of hydrogen-bond donors (Lipinski definition) is 2. The number of rotatable bonds is 7. The number of non-ortho nitro benzene ring substituents is 1. The third-order valence-electron chi connectivity index (χ3n) is 4.52. The Kier molecular flexibility index (Phi) is 7.29. The lowest BCUT2D eigenvalue weighted by atomic mass is 9.80. The van der Waals surface area contributed by atoms with Crippen LogP contribution in [0, 0.1) is 10.1 Å². The molecule has 1 atom stereocenters. The third-order valence-corrected chi connectivity index (χ3v) is 4.52. The molecule has 2 rings (SSSR count). The summed E-state index contributed by atoms with van der Waals surface area (Å²) in [5.41, 5.74) is 1.37. The molecular formula is C20H23N3O7. The summed E-state index contributed by atoms with van der Waals surface area (Å²) in [5, 5.41) is 16.7. The first-order valence-electron chi connectivity index (χ1n) is 9.16. The fourth-order valence-electron chi connectivity index (χ4n) is 3.29. The van der Waals surface area contributed by atoms with E-state index >= 15 is 0 Å². The van der Waals surface area contributed by atoms with Crippen molar-refractivity contribution in [2.75, 3.05) is 20.3 Å². The number of allylic oxidation sites excluding steroid dienone is 2. The van der Waals surface area contributed by atoms with Crippen molar-refractivity contribution in [1.82, 2.24) is 10.6 Å². The summed E-state index contributed by atoms with van der Waals surface area (Å²) in [4.78, 5) is 47.8. The Morgan fingerprint density at radius 2 is 1.87 bits per heavy atom. The summed E-state index contributed by atoms with van der Waals surface area (Å²) < 4.78 is 9.69. The monoisotopic (exact) mass is 417 g/mol. The lowest BCUT2D eigenvalue weighted by Crippen LogP contribution is -2.38. The molecule has 0 radical (unpaired) electrons. The molecule has 0 aliphatic carbocycles. The van der Waals surface area contributed by atoms with Crippen molar-refractivity contribution < 1.29 is 28.8 Å². The SMILES string of the molecule is CCOC(=O)CNC(=O)C1=C(C)NC(C)=C(C(=O)OC)C1c1cccc([N+](=O)[O-])c1. The Morgan fingerprint density at radius 1 is 1.20 bits per heavy atom. The molecule has 30 heavy (non-hydrogen) atoms. The molecule has 1 unspecified atom stereocenters. The largest absolute Gasteiger partial charge is 0.466 e. The van der Waals surface area contributed by atoms with E-state index in [0.717, 1.165) is 0 Å². The zero-order chi connectivity index (χ0) is 22.4. The topological polar surface area (TPSA) is 137 Å². The second-order valence-corrected chi connectivity index (χ2v) is 6.47. The van der Waals surface area contributed by atoms with Crippen LogP contribution in [0.1, 0.15) is 32.3 Å². The zero-order valence-corrected chi connectivity index (χ0v) is 17.1. The lowest BCUT2D eigenvalue weighted by Gasteiger charge is -2.30. The molecule has 0 spiro atoms. The number of carbonyl (C=O) groups excluding carboxylic acids is 3. The first kappa shape index (κ1) is 22.6. The summed E-state index contributed by atoms with van der Waals surface area (Å²) in [7, 11) is 1.21. The van der Waals surface area contributed by atoms with Crippen molar-refractivity contribution >= 4 is 23.5 Å². The van der Waals surface area contributed by atoms with E-state index in [9.17, 15) is 24.5 Å². The van der Waals surface area contributed by atoms with Gasteiger partial charge in [-0.25, -0.2) is 4.79 Å². The average molecular weight is 417 g/mol. The molecule has 0 bridgehead atoms. The van der Waals surface area contributed by atoms with E-state index in [4.69, 9.17) is 9.47 Å². The van der Waals surface area contributed by atoms with Crippen molar-refractivity contribution in [2.24, 2.45) is 0 Å². The first-order chi connectivity index (χ1) is 14.2. The van der Waals surface area contributed by atoms with Crippen LogP contribution < -0.4 is 10.6 Å². The zero-order valence-electron chi connectivity index (χ0n) is 17.1. The number of esters is 2. The number of nitrogens with one attached hydrogen (secondary N) is 2. The fraction of sp³-hybridized carbons (Fsp3) is 0.350. The molecule has 1 amide bonds. The minimum atomic E-state index is -0.930. The van der Waals surface area contributed by atoms with Gasteiger partial charge in [0.25, 0.3) is 5.69 Å². The molecule has 0 saturated carbocycles. The first-order valence-corrected chi connectivity index (χ1v) is 9.16. The van der Waals surface area contributed by atoms with Crippen LogP contribution in [0.5, 0.6) is 0 Å². The van der Waals surface area contributed by atoms with Gasteiger partial charge in [0.2, 0.25) is 5.91 Å². The number of carbonyl (C=O) groups is 3. The molecule has 1 heterocycles. The van der Waals surface area contributed by atoms with Crippen LogP contribution in [0.4, 0.5) is 5.69 Å². The van der Waals surface area contributed by atoms with Crippen LogP contribution in [-0.2, 0) is 23.9 Å². The van der Waals surface area contributed by atoms with Gasteiger partial charge in [-0.15, -0.1) is 0 Å². The van der Waals surface area contributed by atoms with Crippen molar-refractivity contribution in [2.45, 2.75) is 26.7 Å². The minimum Gasteiger partial charge on any atom is -0.466 e. The number of hydrogen-bond acceptors (Lipinski definition) is 8. The predicted molar refractivity (Wildman–Crippen MR) is 106 cm³/mol. The van der Waals surface area contributed by atoms with Crippen LogP contribution in [0.15, 0.2) is 46.8 Å². The molecule has 1 aromatic carbocycles. The molecule has 2 N–H and O–H groups in total. The van der Waals surface area contributed by atoms with Gasteiger partial charge in [-0.1, -0.05) is 12.1 Å². The predicted octanol–water partition coefficient (Wildman–Crippen LogP) is 1.68. The fourth-order valence-corrected chi connectivity index (χ4v) is 3.29. The van der Waals surface area contributed by atoms with Crippen LogP contribution >= 0.6 is 0 Å². The van der Waals surface area contributed by atoms with E-state index in [1.807, 2.05) is 0 Å². The Bertz CT molecular complexity index is 949. The molecule has 10 heteroatoms. The van der Waals surface area contributed by atoms with E-state index < -0.39 is 28.7 Å². The maximum atomic E-state index is 13.0. The van der Waals surface area contributed by atoms with Gasteiger partial charge in [-0.2, -0.15) is 0 Å². The number of benzene rings is 1. The van der Waals surface area contributed by atoms with Crippen LogP contribution in [0.25, 0.3) is 0 Å². The summed E-state index contributed by atoms with van der Waals surface area (Å²) in [6.07, 6.45) is 0. The maximum absolute atomic E-state index is 13.0. The molecule has 10 nitrogen and oxygen atoms in total. The number of amides is 1. The van der Waals surface area contributed by atoms with Crippen molar-refractivity contribution in [3.05, 3.63) is 62.5 Å². The lowest BCUT2D eigenvalue weighted by molar-refractivity contribution is -0.384. The second kappa shape index (κ2) is 9.68. The maximum Gasteiger partial charge on any atom is 0.336 e. The van der Waals surface area contributed by atoms with Crippen molar-refractivity contribution in [1.29, 1.82) is 0 Å². The van der Waals surface area contributed by atoms with Gasteiger partial charge in [0.1, 0.15) is 6.54 Å². The summed E-state index contributed by atoms with van der Waals surface area (Å²) in [5.74, 6) is -2.83. The summed E-state index contributed by atoms with van der Waals surface area (Å²) in [6, 6.07) is 5.68. The number of nitro groups is 1.